The topological polar surface area (TPSA) is 38.3 Å². The van der Waals surface area contributed by atoms with E-state index in [0.717, 1.165) is 27.4 Å². The molecule has 1 atom stereocenters. The summed E-state index contributed by atoms with van der Waals surface area (Å²) >= 11 is 1.64. The van der Waals surface area contributed by atoms with Crippen LogP contribution in [0.4, 0.5) is 10.1 Å². The molecule has 0 saturated carbocycles. The normalized spacial score (nSPS) is 16.2. The van der Waals surface area contributed by atoms with E-state index >= 15 is 0 Å². The number of carbonyl (C=O) groups is 1. The number of hydrogen-bond donors (Lipinski definition) is 1. The summed E-state index contributed by atoms with van der Waals surface area (Å²) in [4.78, 5) is 13.2. The molecule has 0 aliphatic carbocycles. The monoisotopic (exact) mass is 353 g/mol. The maximum absolute atomic E-state index is 13.0. The molecule has 3 aromatic rings. The molecule has 2 aromatic carbocycles. The number of hydrogen-bond acceptors (Lipinski definition) is 3. The zero-order valence-corrected chi connectivity index (χ0v) is 14.2. The van der Waals surface area contributed by atoms with E-state index in [2.05, 4.69) is 5.32 Å². The van der Waals surface area contributed by atoms with Gasteiger partial charge >= 0.3 is 0 Å². The van der Waals surface area contributed by atoms with Crippen LogP contribution in [-0.4, -0.2) is 5.91 Å². The highest BCUT2D eigenvalue weighted by Crippen LogP contribution is 2.43. The van der Waals surface area contributed by atoms with Gasteiger partial charge in [0.15, 0.2) is 0 Å². The molecule has 0 radical (unpaired) electrons. The third-order valence-electron chi connectivity index (χ3n) is 4.28. The summed E-state index contributed by atoms with van der Waals surface area (Å²) in [6.07, 6.45) is 0.407. The van der Waals surface area contributed by atoms with Crippen LogP contribution in [0.25, 0.3) is 0 Å². The quantitative estimate of drug-likeness (QED) is 0.721. The average molecular weight is 353 g/mol. The number of para-hydroxylation sites is 1. The van der Waals surface area contributed by atoms with E-state index < -0.39 is 0 Å². The lowest BCUT2D eigenvalue weighted by molar-refractivity contribution is -0.116. The number of benzene rings is 2. The zero-order valence-electron chi connectivity index (χ0n) is 13.4. The van der Waals surface area contributed by atoms with Crippen molar-refractivity contribution in [3.8, 4) is 5.75 Å². The minimum atomic E-state index is -0.261. The van der Waals surface area contributed by atoms with Crippen molar-refractivity contribution in [1.82, 2.24) is 0 Å². The summed E-state index contributed by atoms with van der Waals surface area (Å²) in [6.45, 7) is 0.355. The molecule has 1 aromatic heterocycles. The third kappa shape index (κ3) is 3.28. The van der Waals surface area contributed by atoms with E-state index in [-0.39, 0.29) is 17.6 Å². The molecule has 25 heavy (non-hydrogen) atoms. The van der Waals surface area contributed by atoms with Crippen LogP contribution in [0.3, 0.4) is 0 Å². The first-order valence-corrected chi connectivity index (χ1v) is 8.92. The Kier molecular flexibility index (Phi) is 4.24. The van der Waals surface area contributed by atoms with Crippen molar-refractivity contribution >= 4 is 22.9 Å². The van der Waals surface area contributed by atoms with Crippen molar-refractivity contribution < 1.29 is 13.9 Å². The fourth-order valence-electron chi connectivity index (χ4n) is 3.07. The Labute approximate surface area is 149 Å². The molecule has 0 unspecified atom stereocenters. The molecule has 126 valence electrons. The number of halogens is 1. The second kappa shape index (κ2) is 6.69. The molecule has 1 amide bonds. The van der Waals surface area contributed by atoms with Crippen LogP contribution in [0.5, 0.6) is 5.75 Å². The molecule has 4 rings (SSSR count). The van der Waals surface area contributed by atoms with E-state index in [1.165, 1.54) is 12.1 Å². The number of anilines is 1. The fourth-order valence-corrected chi connectivity index (χ4v) is 4.04. The minimum Gasteiger partial charge on any atom is -0.489 e. The summed E-state index contributed by atoms with van der Waals surface area (Å²) in [5.74, 6) is 0.505. The Balaban J connectivity index is 1.61. The second-order valence-electron chi connectivity index (χ2n) is 5.96. The number of fused-ring (bicyclic) bond motifs is 1. The number of amides is 1. The van der Waals surface area contributed by atoms with Crippen LogP contribution in [0, 0.1) is 5.82 Å². The van der Waals surface area contributed by atoms with Gasteiger partial charge in [-0.05, 0) is 35.2 Å². The summed E-state index contributed by atoms with van der Waals surface area (Å²) in [5.41, 5.74) is 2.79. The molecular formula is C20H16FNO2S. The maximum Gasteiger partial charge on any atom is 0.225 e. The van der Waals surface area contributed by atoms with Gasteiger partial charge in [-0.25, -0.2) is 4.39 Å². The Bertz CT molecular complexity index is 904. The van der Waals surface area contributed by atoms with E-state index in [4.69, 9.17) is 4.74 Å². The number of nitrogens with one attached hydrogen (secondary N) is 1. The smallest absolute Gasteiger partial charge is 0.225 e. The lowest BCUT2D eigenvalue weighted by atomic mass is 9.90. The number of ether oxygens (including phenoxy) is 1. The number of rotatable bonds is 4. The summed E-state index contributed by atoms with van der Waals surface area (Å²) in [5, 5.41) is 4.91. The average Bonchev–Trinajstić information content (AvgIpc) is 3.09. The highest BCUT2D eigenvalue weighted by molar-refractivity contribution is 7.10. The number of carbonyl (C=O) groups excluding carboxylic acids is 1. The molecule has 5 heteroatoms. The molecule has 1 aliphatic rings. The fraction of sp³-hybridized carbons (Fsp3) is 0.150. The summed E-state index contributed by atoms with van der Waals surface area (Å²) in [6, 6.07) is 16.0. The van der Waals surface area contributed by atoms with Gasteiger partial charge in [-0.1, -0.05) is 30.3 Å². The van der Waals surface area contributed by atoms with E-state index in [1.807, 2.05) is 35.7 Å². The van der Waals surface area contributed by atoms with Gasteiger partial charge in [0, 0.05) is 22.8 Å². The lowest BCUT2D eigenvalue weighted by Crippen LogP contribution is -2.22. The van der Waals surface area contributed by atoms with Gasteiger partial charge in [-0.2, -0.15) is 0 Å². The molecule has 0 bridgehead atoms. The molecule has 0 saturated heterocycles. The Morgan fingerprint density at radius 2 is 1.92 bits per heavy atom. The first kappa shape index (κ1) is 15.8. The van der Waals surface area contributed by atoms with Crippen LogP contribution in [-0.2, 0) is 11.4 Å². The van der Waals surface area contributed by atoms with Crippen molar-refractivity contribution in [2.24, 2.45) is 0 Å². The maximum atomic E-state index is 13.0. The Morgan fingerprint density at radius 1 is 1.12 bits per heavy atom. The lowest BCUT2D eigenvalue weighted by Gasteiger charge is -2.24. The van der Waals surface area contributed by atoms with Gasteiger partial charge in [0.25, 0.3) is 0 Å². The van der Waals surface area contributed by atoms with Gasteiger partial charge in [-0.3, -0.25) is 4.79 Å². The standard InChI is InChI=1S/C20H16FNO2S/c21-14-7-5-13(6-8-14)12-24-18-4-2-1-3-15(18)16-11-19(23)22-17-9-10-25-20(16)17/h1-10,16H,11-12H2,(H,22,23)/t16-/m1/s1. The molecule has 1 aliphatic heterocycles. The van der Waals surface area contributed by atoms with Crippen molar-refractivity contribution in [2.75, 3.05) is 5.32 Å². The molecule has 3 nitrogen and oxygen atoms in total. The van der Waals surface area contributed by atoms with Crippen LogP contribution in [0.2, 0.25) is 0 Å². The first-order valence-electron chi connectivity index (χ1n) is 8.04. The van der Waals surface area contributed by atoms with Crippen molar-refractivity contribution in [3.63, 3.8) is 0 Å². The van der Waals surface area contributed by atoms with Crippen LogP contribution >= 0.6 is 11.3 Å². The van der Waals surface area contributed by atoms with Crippen LogP contribution in [0.1, 0.15) is 28.3 Å². The predicted molar refractivity (Wildman–Crippen MR) is 96.6 cm³/mol. The van der Waals surface area contributed by atoms with Gasteiger partial charge < -0.3 is 10.1 Å². The predicted octanol–water partition coefficient (Wildman–Crippen LogP) is 4.94. The van der Waals surface area contributed by atoms with Gasteiger partial charge in [0.1, 0.15) is 18.2 Å². The van der Waals surface area contributed by atoms with Crippen LogP contribution < -0.4 is 10.1 Å². The molecule has 2 heterocycles. The summed E-state index contributed by atoms with van der Waals surface area (Å²) in [7, 11) is 0. The first-order chi connectivity index (χ1) is 12.2. The highest BCUT2D eigenvalue weighted by atomic mass is 32.1. The third-order valence-corrected chi connectivity index (χ3v) is 5.31. The van der Waals surface area contributed by atoms with Crippen LogP contribution in [0.15, 0.2) is 60.0 Å². The van der Waals surface area contributed by atoms with E-state index in [0.29, 0.717) is 13.0 Å². The molecule has 0 spiro atoms. The molecule has 0 fully saturated rings. The zero-order chi connectivity index (χ0) is 17.2. The minimum absolute atomic E-state index is 0.00633. The molecule has 1 N–H and O–H groups in total. The van der Waals surface area contributed by atoms with Crippen molar-refractivity contribution in [1.29, 1.82) is 0 Å². The number of thiophene rings is 1. The van der Waals surface area contributed by atoms with Gasteiger partial charge in [-0.15, -0.1) is 11.3 Å². The molecular weight excluding hydrogens is 337 g/mol. The highest BCUT2D eigenvalue weighted by Gasteiger charge is 2.29. The summed E-state index contributed by atoms with van der Waals surface area (Å²) < 4.78 is 19.0. The van der Waals surface area contributed by atoms with Gasteiger partial charge in [0.2, 0.25) is 5.91 Å². The SMILES string of the molecule is O=C1C[C@H](c2ccccc2OCc2ccc(F)cc2)c2sccc2N1. The van der Waals surface area contributed by atoms with Crippen molar-refractivity contribution in [2.45, 2.75) is 18.9 Å². The Morgan fingerprint density at radius 3 is 2.76 bits per heavy atom. The largest absolute Gasteiger partial charge is 0.489 e. The Hall–Kier alpha value is -2.66. The van der Waals surface area contributed by atoms with Crippen molar-refractivity contribution in [3.05, 3.63) is 81.8 Å². The van der Waals surface area contributed by atoms with Gasteiger partial charge in [0.05, 0.1) is 5.69 Å². The van der Waals surface area contributed by atoms with E-state index in [1.54, 1.807) is 23.5 Å². The second-order valence-corrected chi connectivity index (χ2v) is 6.90. The van der Waals surface area contributed by atoms with E-state index in [9.17, 15) is 9.18 Å².